The van der Waals surface area contributed by atoms with E-state index in [1.807, 2.05) is 37.3 Å². The van der Waals surface area contributed by atoms with Gasteiger partial charge in [0, 0.05) is 18.6 Å². The molecule has 0 amide bonds. The van der Waals surface area contributed by atoms with Crippen molar-refractivity contribution >= 4 is 10.8 Å². The molecule has 2 aromatic carbocycles. The lowest BCUT2D eigenvalue weighted by Crippen LogP contribution is -2.31. The first-order chi connectivity index (χ1) is 12.7. The minimum atomic E-state index is -0.0247. The number of rotatable bonds is 3. The van der Waals surface area contributed by atoms with E-state index in [1.54, 1.807) is 18.0 Å². The molecule has 5 heteroatoms. The summed E-state index contributed by atoms with van der Waals surface area (Å²) >= 11 is 0. The molecule has 0 unspecified atom stereocenters. The van der Waals surface area contributed by atoms with Crippen LogP contribution < -0.4 is 10.3 Å². The Kier molecular flexibility index (Phi) is 4.47. The van der Waals surface area contributed by atoms with Crippen molar-refractivity contribution < 1.29 is 9.47 Å². The topological polar surface area (TPSA) is 53.4 Å². The van der Waals surface area contributed by atoms with Gasteiger partial charge in [-0.2, -0.15) is 5.10 Å². The van der Waals surface area contributed by atoms with E-state index in [9.17, 15) is 4.79 Å². The lowest BCUT2D eigenvalue weighted by Gasteiger charge is -2.23. The Hall–Kier alpha value is -2.66. The molecule has 0 aliphatic carbocycles. The molecule has 5 nitrogen and oxygen atoms in total. The van der Waals surface area contributed by atoms with Crippen molar-refractivity contribution in [2.45, 2.75) is 25.8 Å². The predicted octanol–water partition coefficient (Wildman–Crippen LogP) is 3.73. The van der Waals surface area contributed by atoms with Crippen LogP contribution in [0.5, 0.6) is 5.75 Å². The molecular weight excluding hydrogens is 328 g/mol. The second-order valence-corrected chi connectivity index (χ2v) is 6.67. The first-order valence-electron chi connectivity index (χ1n) is 8.92. The summed E-state index contributed by atoms with van der Waals surface area (Å²) in [6.07, 6.45) is 3.46. The summed E-state index contributed by atoms with van der Waals surface area (Å²) in [5.41, 5.74) is 3.21. The molecule has 1 saturated heterocycles. The highest BCUT2D eigenvalue weighted by molar-refractivity contribution is 5.86. The average molecular weight is 350 g/mol. The number of fused-ring (bicyclic) bond motifs is 1. The molecule has 134 valence electrons. The molecule has 1 aliphatic rings. The largest absolute Gasteiger partial charge is 0.496 e. The molecule has 0 atom stereocenters. The lowest BCUT2D eigenvalue weighted by molar-refractivity contribution is 0.0650. The van der Waals surface area contributed by atoms with E-state index < -0.39 is 0 Å². The number of ether oxygens (including phenoxy) is 2. The molecule has 0 radical (unpaired) electrons. The van der Waals surface area contributed by atoms with Crippen LogP contribution in [0.3, 0.4) is 0 Å². The zero-order chi connectivity index (χ0) is 18.1. The number of hydrogen-bond acceptors (Lipinski definition) is 4. The van der Waals surface area contributed by atoms with E-state index in [0.717, 1.165) is 40.7 Å². The third-order valence-electron chi connectivity index (χ3n) is 5.16. The fraction of sp³-hybridized carbons (Fsp3) is 0.333. The monoisotopic (exact) mass is 350 g/mol. The van der Waals surface area contributed by atoms with Gasteiger partial charge in [-0.15, -0.1) is 0 Å². The maximum absolute atomic E-state index is 12.9. The molecule has 0 saturated carbocycles. The minimum Gasteiger partial charge on any atom is -0.496 e. The number of hydrogen-bond donors (Lipinski definition) is 0. The van der Waals surface area contributed by atoms with Crippen molar-refractivity contribution in [1.82, 2.24) is 9.78 Å². The molecule has 1 aromatic heterocycles. The van der Waals surface area contributed by atoms with E-state index in [-0.39, 0.29) is 11.6 Å². The highest BCUT2D eigenvalue weighted by Gasteiger charge is 2.19. The normalized spacial score (nSPS) is 15.3. The van der Waals surface area contributed by atoms with Gasteiger partial charge in [0.05, 0.1) is 24.7 Å². The number of methoxy groups -OCH3 is 1. The SMILES string of the molecule is COc1cccc(-c2ccc3c(=O)n(C4CCOCC4)ncc3c2)c1C. The predicted molar refractivity (Wildman–Crippen MR) is 102 cm³/mol. The molecule has 26 heavy (non-hydrogen) atoms. The van der Waals surface area contributed by atoms with E-state index >= 15 is 0 Å². The van der Waals surface area contributed by atoms with Gasteiger partial charge in [0.2, 0.25) is 0 Å². The zero-order valence-corrected chi connectivity index (χ0v) is 15.1. The summed E-state index contributed by atoms with van der Waals surface area (Å²) in [6.45, 7) is 3.41. The maximum Gasteiger partial charge on any atom is 0.274 e. The van der Waals surface area contributed by atoms with Gasteiger partial charge in [-0.25, -0.2) is 4.68 Å². The van der Waals surface area contributed by atoms with E-state index in [1.165, 1.54) is 0 Å². The molecule has 1 fully saturated rings. The molecule has 4 rings (SSSR count). The summed E-state index contributed by atoms with van der Waals surface area (Å²) in [6, 6.07) is 12.1. The van der Waals surface area contributed by atoms with Gasteiger partial charge in [0.1, 0.15) is 5.75 Å². The number of nitrogens with zero attached hydrogens (tertiary/aromatic N) is 2. The van der Waals surface area contributed by atoms with Gasteiger partial charge in [0.25, 0.3) is 5.56 Å². The molecular formula is C21H22N2O3. The number of benzene rings is 2. The molecule has 2 heterocycles. The van der Waals surface area contributed by atoms with Crippen LogP contribution in [-0.2, 0) is 4.74 Å². The van der Waals surface area contributed by atoms with Gasteiger partial charge in [-0.05, 0) is 54.7 Å². The van der Waals surface area contributed by atoms with E-state index in [4.69, 9.17) is 9.47 Å². The van der Waals surface area contributed by atoms with Crippen LogP contribution in [0.2, 0.25) is 0 Å². The number of aromatic nitrogens is 2. The van der Waals surface area contributed by atoms with Crippen LogP contribution in [-0.4, -0.2) is 30.1 Å². The van der Waals surface area contributed by atoms with Crippen LogP contribution >= 0.6 is 0 Å². The maximum atomic E-state index is 12.9. The molecule has 3 aromatic rings. The van der Waals surface area contributed by atoms with Gasteiger partial charge in [-0.3, -0.25) is 4.79 Å². The smallest absolute Gasteiger partial charge is 0.274 e. The first kappa shape index (κ1) is 16.8. The van der Waals surface area contributed by atoms with Crippen molar-refractivity contribution in [2.24, 2.45) is 0 Å². The highest BCUT2D eigenvalue weighted by Crippen LogP contribution is 2.31. The van der Waals surface area contributed by atoms with Crippen molar-refractivity contribution in [2.75, 3.05) is 20.3 Å². The first-order valence-corrected chi connectivity index (χ1v) is 8.92. The molecule has 0 spiro atoms. The Bertz CT molecular complexity index is 1000. The second kappa shape index (κ2) is 6.92. The van der Waals surface area contributed by atoms with Crippen LogP contribution in [0.4, 0.5) is 0 Å². The Morgan fingerprint density at radius 3 is 2.77 bits per heavy atom. The highest BCUT2D eigenvalue weighted by atomic mass is 16.5. The average Bonchev–Trinajstić information content (AvgIpc) is 2.69. The summed E-state index contributed by atoms with van der Waals surface area (Å²) in [5, 5.41) is 6.01. The standard InChI is InChI=1S/C21H22N2O3/c1-14-18(4-3-5-20(14)25-2)15-6-7-19-16(12-15)13-22-23(21(19)24)17-8-10-26-11-9-17/h3-7,12-13,17H,8-11H2,1-2H3. The second-order valence-electron chi connectivity index (χ2n) is 6.67. The summed E-state index contributed by atoms with van der Waals surface area (Å²) in [5.74, 6) is 0.857. The lowest BCUT2D eigenvalue weighted by atomic mass is 9.98. The molecule has 1 aliphatic heterocycles. The van der Waals surface area contributed by atoms with Gasteiger partial charge in [0.15, 0.2) is 0 Å². The van der Waals surface area contributed by atoms with Crippen LogP contribution in [0.1, 0.15) is 24.4 Å². The molecule has 0 N–H and O–H groups in total. The van der Waals surface area contributed by atoms with Gasteiger partial charge < -0.3 is 9.47 Å². The Labute approximate surface area is 152 Å². The van der Waals surface area contributed by atoms with Gasteiger partial charge >= 0.3 is 0 Å². The van der Waals surface area contributed by atoms with Gasteiger partial charge in [-0.1, -0.05) is 18.2 Å². The van der Waals surface area contributed by atoms with Crippen molar-refractivity contribution in [1.29, 1.82) is 0 Å². The van der Waals surface area contributed by atoms with Crippen molar-refractivity contribution in [3.63, 3.8) is 0 Å². The Morgan fingerprint density at radius 1 is 1.19 bits per heavy atom. The fourth-order valence-electron chi connectivity index (χ4n) is 3.67. The quantitative estimate of drug-likeness (QED) is 0.722. The third-order valence-corrected chi connectivity index (χ3v) is 5.16. The van der Waals surface area contributed by atoms with Crippen LogP contribution in [0.15, 0.2) is 47.4 Å². The molecule has 0 bridgehead atoms. The van der Waals surface area contributed by atoms with E-state index in [0.29, 0.717) is 18.6 Å². The zero-order valence-electron chi connectivity index (χ0n) is 15.1. The Morgan fingerprint density at radius 2 is 2.00 bits per heavy atom. The summed E-state index contributed by atoms with van der Waals surface area (Å²) in [4.78, 5) is 12.9. The van der Waals surface area contributed by atoms with Crippen LogP contribution in [0, 0.1) is 6.92 Å². The van der Waals surface area contributed by atoms with Crippen molar-refractivity contribution in [3.05, 3.63) is 58.5 Å². The van der Waals surface area contributed by atoms with Crippen molar-refractivity contribution in [3.8, 4) is 16.9 Å². The fourth-order valence-corrected chi connectivity index (χ4v) is 3.67. The third kappa shape index (κ3) is 2.88. The van der Waals surface area contributed by atoms with Crippen LogP contribution in [0.25, 0.3) is 21.9 Å². The Balaban J connectivity index is 1.78. The minimum absolute atomic E-state index is 0.0247. The van der Waals surface area contributed by atoms with E-state index in [2.05, 4.69) is 11.2 Å². The summed E-state index contributed by atoms with van der Waals surface area (Å²) < 4.78 is 12.4. The summed E-state index contributed by atoms with van der Waals surface area (Å²) in [7, 11) is 1.68.